The van der Waals surface area contributed by atoms with E-state index in [4.69, 9.17) is 0 Å². The van der Waals surface area contributed by atoms with Crippen LogP contribution in [0.25, 0.3) is 0 Å². The van der Waals surface area contributed by atoms with Gasteiger partial charge in [-0.1, -0.05) is 12.1 Å². The number of nitrogens with zero attached hydrogens (tertiary/aromatic N) is 2. The van der Waals surface area contributed by atoms with E-state index in [1.165, 1.54) is 6.07 Å². The van der Waals surface area contributed by atoms with Crippen molar-refractivity contribution in [2.24, 2.45) is 0 Å². The second kappa shape index (κ2) is 7.19. The highest BCUT2D eigenvalue weighted by Crippen LogP contribution is 2.27. The molecule has 0 bridgehead atoms. The number of nitro benzene ring substituents is 2. The summed E-state index contributed by atoms with van der Waals surface area (Å²) < 4.78 is 37.9. The molecule has 12 heteroatoms. The van der Waals surface area contributed by atoms with Gasteiger partial charge in [0.05, 0.1) is 32.7 Å². The predicted molar refractivity (Wildman–Crippen MR) is 84.5 cm³/mol. The first-order valence-electron chi connectivity index (χ1n) is 6.96. The molecule has 2 aromatic rings. The van der Waals surface area contributed by atoms with Gasteiger partial charge in [-0.25, -0.2) is 0 Å². The molecule has 2 aromatic carbocycles. The number of non-ortho nitro benzene ring substituents is 2. The standard InChI is InChI=1S/C15H8F3N3O6/c16-15(17,18)13(22)11-3-1-2-4-12(11)19-14(23)8-5-9(20(24)25)7-10(6-8)21(26)27/h1-7H,(H,19,23). The van der Waals surface area contributed by atoms with Crippen LogP contribution >= 0.6 is 0 Å². The van der Waals surface area contributed by atoms with Gasteiger partial charge < -0.3 is 5.32 Å². The molecule has 9 nitrogen and oxygen atoms in total. The Balaban J connectivity index is 2.43. The largest absolute Gasteiger partial charge is 0.454 e. The van der Waals surface area contributed by atoms with Crippen LogP contribution in [0.3, 0.4) is 0 Å². The number of hydrogen-bond donors (Lipinski definition) is 1. The molecule has 0 unspecified atom stereocenters. The van der Waals surface area contributed by atoms with Crippen LogP contribution in [-0.4, -0.2) is 27.7 Å². The molecule has 0 radical (unpaired) electrons. The molecule has 2 rings (SSSR count). The number of para-hydroxylation sites is 1. The summed E-state index contributed by atoms with van der Waals surface area (Å²) in [4.78, 5) is 43.4. The molecule has 1 N–H and O–H groups in total. The highest BCUT2D eigenvalue weighted by Gasteiger charge is 2.40. The van der Waals surface area contributed by atoms with Gasteiger partial charge in [0.1, 0.15) is 0 Å². The van der Waals surface area contributed by atoms with Gasteiger partial charge in [-0.15, -0.1) is 0 Å². The minimum absolute atomic E-state index is 0.501. The second-order valence-electron chi connectivity index (χ2n) is 5.08. The van der Waals surface area contributed by atoms with Crippen molar-refractivity contribution >= 4 is 28.8 Å². The molecule has 0 atom stereocenters. The van der Waals surface area contributed by atoms with E-state index in [0.717, 1.165) is 30.3 Å². The lowest BCUT2D eigenvalue weighted by Crippen LogP contribution is -2.25. The molecule has 27 heavy (non-hydrogen) atoms. The third kappa shape index (κ3) is 4.42. The number of rotatable bonds is 5. The summed E-state index contributed by atoms with van der Waals surface area (Å²) in [6, 6.07) is 6.31. The molecule has 0 aliphatic rings. The number of anilines is 1. The number of alkyl halides is 3. The van der Waals surface area contributed by atoms with Gasteiger partial charge in [0, 0.05) is 12.1 Å². The highest BCUT2D eigenvalue weighted by atomic mass is 19.4. The van der Waals surface area contributed by atoms with E-state index in [9.17, 15) is 43.0 Å². The number of ketones is 1. The van der Waals surface area contributed by atoms with Crippen LogP contribution in [0, 0.1) is 20.2 Å². The topological polar surface area (TPSA) is 132 Å². The zero-order chi connectivity index (χ0) is 20.4. The Morgan fingerprint density at radius 3 is 1.93 bits per heavy atom. The third-order valence-corrected chi connectivity index (χ3v) is 3.26. The third-order valence-electron chi connectivity index (χ3n) is 3.26. The smallest absolute Gasteiger partial charge is 0.321 e. The number of Topliss-reactive ketones (excluding diaryl/α,β-unsaturated/α-hetero) is 1. The fourth-order valence-electron chi connectivity index (χ4n) is 2.07. The Bertz CT molecular complexity index is 926. The van der Waals surface area contributed by atoms with Crippen molar-refractivity contribution in [1.29, 1.82) is 0 Å². The van der Waals surface area contributed by atoms with Gasteiger partial charge in [0.2, 0.25) is 0 Å². The molecule has 0 saturated carbocycles. The molecule has 0 saturated heterocycles. The number of hydrogen-bond acceptors (Lipinski definition) is 6. The number of halogens is 3. The normalized spacial score (nSPS) is 10.9. The van der Waals surface area contributed by atoms with Gasteiger partial charge in [0.15, 0.2) is 0 Å². The Morgan fingerprint density at radius 1 is 0.926 bits per heavy atom. The fraction of sp³-hybridized carbons (Fsp3) is 0.0667. The summed E-state index contributed by atoms with van der Waals surface area (Å²) in [5, 5.41) is 23.7. The van der Waals surface area contributed by atoms with E-state index >= 15 is 0 Å². The molecular weight excluding hydrogens is 375 g/mol. The molecular formula is C15H8F3N3O6. The average Bonchev–Trinajstić information content (AvgIpc) is 2.60. The van der Waals surface area contributed by atoms with Crippen molar-refractivity contribution in [3.8, 4) is 0 Å². The van der Waals surface area contributed by atoms with E-state index in [-0.39, 0.29) is 0 Å². The van der Waals surface area contributed by atoms with Gasteiger partial charge in [0.25, 0.3) is 23.1 Å². The van der Waals surface area contributed by atoms with E-state index in [1.807, 2.05) is 5.32 Å². The molecule has 0 aromatic heterocycles. The second-order valence-corrected chi connectivity index (χ2v) is 5.08. The van der Waals surface area contributed by atoms with Gasteiger partial charge in [-0.3, -0.25) is 29.8 Å². The van der Waals surface area contributed by atoms with Crippen molar-refractivity contribution in [2.45, 2.75) is 6.18 Å². The summed E-state index contributed by atoms with van der Waals surface area (Å²) in [6.07, 6.45) is -5.19. The minimum atomic E-state index is -5.19. The van der Waals surface area contributed by atoms with Crippen molar-refractivity contribution in [2.75, 3.05) is 5.32 Å². The molecule has 0 fully saturated rings. The first-order valence-corrected chi connectivity index (χ1v) is 6.96. The molecule has 0 heterocycles. The molecule has 1 amide bonds. The SMILES string of the molecule is O=C(Nc1ccccc1C(=O)C(F)(F)F)c1cc([N+](=O)[O-])cc([N+](=O)[O-])c1. The monoisotopic (exact) mass is 383 g/mol. The lowest BCUT2D eigenvalue weighted by Gasteiger charge is -2.12. The minimum Gasteiger partial charge on any atom is -0.321 e. The molecule has 0 aliphatic heterocycles. The lowest BCUT2D eigenvalue weighted by molar-refractivity contribution is -0.394. The van der Waals surface area contributed by atoms with Crippen molar-refractivity contribution < 1.29 is 32.6 Å². The highest BCUT2D eigenvalue weighted by molar-refractivity contribution is 6.11. The maximum atomic E-state index is 12.6. The van der Waals surface area contributed by atoms with Crippen LogP contribution in [0.5, 0.6) is 0 Å². The van der Waals surface area contributed by atoms with Crippen LogP contribution in [-0.2, 0) is 0 Å². The first-order chi connectivity index (χ1) is 12.5. The number of nitrogens with one attached hydrogen (secondary N) is 1. The maximum absolute atomic E-state index is 12.6. The number of nitro groups is 2. The van der Waals surface area contributed by atoms with Crippen molar-refractivity contribution in [1.82, 2.24) is 0 Å². The Hall–Kier alpha value is -3.83. The summed E-state index contributed by atoms with van der Waals surface area (Å²) in [5.41, 5.74) is -3.40. The lowest BCUT2D eigenvalue weighted by atomic mass is 10.1. The number of carbonyl (C=O) groups excluding carboxylic acids is 2. The number of carbonyl (C=O) groups is 2. The number of amides is 1. The van der Waals surface area contributed by atoms with E-state index in [2.05, 4.69) is 0 Å². The van der Waals surface area contributed by atoms with E-state index in [0.29, 0.717) is 6.07 Å². The molecule has 140 valence electrons. The first kappa shape index (κ1) is 19.5. The predicted octanol–water partition coefficient (Wildman–Crippen LogP) is 3.50. The van der Waals surface area contributed by atoms with E-state index in [1.54, 1.807) is 0 Å². The molecule has 0 spiro atoms. The van der Waals surface area contributed by atoms with Crippen LogP contribution in [0.15, 0.2) is 42.5 Å². The zero-order valence-electron chi connectivity index (χ0n) is 13.0. The summed E-state index contributed by atoms with van der Waals surface area (Å²) >= 11 is 0. The van der Waals surface area contributed by atoms with Crippen LogP contribution in [0.2, 0.25) is 0 Å². The Labute approximate surface area is 147 Å². The summed E-state index contributed by atoms with van der Waals surface area (Å²) in [6.45, 7) is 0. The van der Waals surface area contributed by atoms with Gasteiger partial charge in [-0.2, -0.15) is 13.2 Å². The van der Waals surface area contributed by atoms with Gasteiger partial charge >= 0.3 is 6.18 Å². The summed E-state index contributed by atoms with van der Waals surface area (Å²) in [7, 11) is 0. The van der Waals surface area contributed by atoms with Crippen molar-refractivity contribution in [3.63, 3.8) is 0 Å². The fourth-order valence-corrected chi connectivity index (χ4v) is 2.07. The summed E-state index contributed by atoms with van der Waals surface area (Å²) in [5.74, 6) is -3.37. The quantitative estimate of drug-likeness (QED) is 0.477. The average molecular weight is 383 g/mol. The van der Waals surface area contributed by atoms with Crippen molar-refractivity contribution in [3.05, 3.63) is 73.8 Å². The zero-order valence-corrected chi connectivity index (χ0v) is 13.0. The van der Waals surface area contributed by atoms with Crippen LogP contribution in [0.1, 0.15) is 20.7 Å². The van der Waals surface area contributed by atoms with Crippen LogP contribution in [0.4, 0.5) is 30.2 Å². The molecule has 0 aliphatic carbocycles. The van der Waals surface area contributed by atoms with E-state index < -0.39 is 55.9 Å². The number of benzene rings is 2. The van der Waals surface area contributed by atoms with Gasteiger partial charge in [-0.05, 0) is 12.1 Å². The maximum Gasteiger partial charge on any atom is 0.454 e. The van der Waals surface area contributed by atoms with Crippen LogP contribution < -0.4 is 5.32 Å². The Kier molecular flexibility index (Phi) is 5.19. The Morgan fingerprint density at radius 2 is 1.44 bits per heavy atom.